The van der Waals surface area contributed by atoms with Crippen molar-refractivity contribution >= 4 is 11.6 Å². The third-order valence-electron chi connectivity index (χ3n) is 2.60. The Bertz CT molecular complexity index is 558. The van der Waals surface area contributed by atoms with Gasteiger partial charge >= 0.3 is 0 Å². The van der Waals surface area contributed by atoms with Gasteiger partial charge in [0.1, 0.15) is 11.9 Å². The highest BCUT2D eigenvalue weighted by atomic mass is 35.5. The van der Waals surface area contributed by atoms with Crippen molar-refractivity contribution in [3.05, 3.63) is 40.8 Å². The number of hydrogen-bond donors (Lipinski definition) is 0. The molecule has 0 amide bonds. The van der Waals surface area contributed by atoms with Crippen LogP contribution in [0.4, 0.5) is 0 Å². The Morgan fingerprint density at radius 3 is 2.67 bits per heavy atom. The molecule has 0 N–H and O–H groups in total. The maximum Gasteiger partial charge on any atom is 0.246 e. The van der Waals surface area contributed by atoms with E-state index in [0.29, 0.717) is 17.5 Å². The highest BCUT2D eigenvalue weighted by Crippen LogP contribution is 2.26. The molecule has 0 aliphatic carbocycles. The summed E-state index contributed by atoms with van der Waals surface area (Å²) in [6, 6.07) is 5.95. The fourth-order valence-electron chi connectivity index (χ4n) is 1.80. The number of ether oxygens (including phenoxy) is 1. The number of rotatable bonds is 3. The molecule has 0 spiro atoms. The van der Waals surface area contributed by atoms with Crippen molar-refractivity contribution in [3.8, 4) is 11.6 Å². The van der Waals surface area contributed by atoms with Crippen LogP contribution in [0.5, 0.6) is 11.6 Å². The molecular formula is C13H14ClN3O. The molecule has 2 rings (SSSR count). The number of aromatic nitrogens is 3. The Morgan fingerprint density at radius 2 is 2.06 bits per heavy atom. The average molecular weight is 264 g/mol. The molecule has 0 aliphatic heterocycles. The van der Waals surface area contributed by atoms with Crippen molar-refractivity contribution in [2.24, 2.45) is 0 Å². The van der Waals surface area contributed by atoms with Gasteiger partial charge in [0.15, 0.2) is 0 Å². The molecule has 5 heteroatoms. The van der Waals surface area contributed by atoms with Gasteiger partial charge in [-0.1, -0.05) is 19.9 Å². The Morgan fingerprint density at radius 1 is 1.28 bits per heavy atom. The molecule has 94 valence electrons. The molecule has 1 heterocycles. The lowest BCUT2D eigenvalue weighted by molar-refractivity contribution is 0.456. The van der Waals surface area contributed by atoms with Crippen LogP contribution >= 0.6 is 11.6 Å². The fourth-order valence-corrected chi connectivity index (χ4v) is 1.92. The van der Waals surface area contributed by atoms with Crippen LogP contribution in [0.3, 0.4) is 0 Å². The second-order valence-electron chi connectivity index (χ2n) is 4.34. The SMILES string of the molecule is Cc1cc(Oc2cnnc(Cl)n2)ccc1C(C)C. The van der Waals surface area contributed by atoms with Crippen LogP contribution < -0.4 is 4.74 Å². The maximum absolute atomic E-state index is 5.64. The average Bonchev–Trinajstić information content (AvgIpc) is 2.28. The largest absolute Gasteiger partial charge is 0.437 e. The van der Waals surface area contributed by atoms with Crippen LogP contribution in [0.1, 0.15) is 30.9 Å². The van der Waals surface area contributed by atoms with E-state index in [4.69, 9.17) is 16.3 Å². The van der Waals surface area contributed by atoms with Gasteiger partial charge in [-0.3, -0.25) is 0 Å². The quantitative estimate of drug-likeness (QED) is 0.846. The minimum Gasteiger partial charge on any atom is -0.437 e. The molecule has 0 unspecified atom stereocenters. The summed E-state index contributed by atoms with van der Waals surface area (Å²) in [6.07, 6.45) is 1.43. The molecule has 0 atom stereocenters. The summed E-state index contributed by atoms with van der Waals surface area (Å²) in [5.41, 5.74) is 2.50. The van der Waals surface area contributed by atoms with Gasteiger partial charge in [0.05, 0.1) is 0 Å². The van der Waals surface area contributed by atoms with Crippen LogP contribution in [0, 0.1) is 6.92 Å². The van der Waals surface area contributed by atoms with Gasteiger partial charge in [-0.25, -0.2) is 0 Å². The molecule has 0 fully saturated rings. The van der Waals surface area contributed by atoms with Crippen LogP contribution in [0.25, 0.3) is 0 Å². The minimum atomic E-state index is 0.0722. The van der Waals surface area contributed by atoms with Gasteiger partial charge in [-0.15, -0.1) is 5.10 Å². The summed E-state index contributed by atoms with van der Waals surface area (Å²) in [5.74, 6) is 1.55. The van der Waals surface area contributed by atoms with E-state index >= 15 is 0 Å². The standard InChI is InChI=1S/C13H14ClN3O/c1-8(2)11-5-4-10(6-9(11)3)18-12-7-15-17-13(14)16-12/h4-8H,1-3H3. The predicted octanol–water partition coefficient (Wildman–Crippen LogP) is 3.75. The van der Waals surface area contributed by atoms with E-state index in [-0.39, 0.29) is 5.28 Å². The van der Waals surface area contributed by atoms with E-state index in [9.17, 15) is 0 Å². The highest BCUT2D eigenvalue weighted by Gasteiger charge is 2.06. The normalized spacial score (nSPS) is 10.7. The number of aryl methyl sites for hydroxylation is 1. The summed E-state index contributed by atoms with van der Waals surface area (Å²) in [5, 5.41) is 7.31. The van der Waals surface area contributed by atoms with E-state index in [1.54, 1.807) is 0 Å². The summed E-state index contributed by atoms with van der Waals surface area (Å²) in [4.78, 5) is 3.93. The smallest absolute Gasteiger partial charge is 0.246 e. The molecule has 0 bridgehead atoms. The molecule has 4 nitrogen and oxygen atoms in total. The van der Waals surface area contributed by atoms with Crippen molar-refractivity contribution in [1.82, 2.24) is 15.2 Å². The van der Waals surface area contributed by atoms with Crippen molar-refractivity contribution < 1.29 is 4.74 Å². The van der Waals surface area contributed by atoms with E-state index in [1.807, 2.05) is 12.1 Å². The van der Waals surface area contributed by atoms with E-state index < -0.39 is 0 Å². The van der Waals surface area contributed by atoms with Gasteiger partial charge in [0, 0.05) is 0 Å². The first-order valence-corrected chi connectivity index (χ1v) is 6.07. The third kappa shape index (κ3) is 2.96. The second kappa shape index (κ2) is 5.31. The molecule has 0 radical (unpaired) electrons. The lowest BCUT2D eigenvalue weighted by Crippen LogP contribution is -1.95. The summed E-state index contributed by atoms with van der Waals surface area (Å²) < 4.78 is 5.58. The van der Waals surface area contributed by atoms with Crippen molar-refractivity contribution in [1.29, 1.82) is 0 Å². The van der Waals surface area contributed by atoms with Gasteiger partial charge < -0.3 is 4.74 Å². The Balaban J connectivity index is 2.23. The molecule has 1 aromatic heterocycles. The summed E-state index contributed by atoms with van der Waals surface area (Å²) in [6.45, 7) is 6.39. The molecule has 0 aliphatic rings. The molecule has 1 aromatic carbocycles. The van der Waals surface area contributed by atoms with E-state index in [1.165, 1.54) is 17.3 Å². The van der Waals surface area contributed by atoms with Gasteiger partial charge in [0.25, 0.3) is 0 Å². The maximum atomic E-state index is 5.64. The molecule has 2 aromatic rings. The van der Waals surface area contributed by atoms with Gasteiger partial charge in [0.2, 0.25) is 11.2 Å². The number of nitrogens with zero attached hydrogens (tertiary/aromatic N) is 3. The van der Waals surface area contributed by atoms with Crippen molar-refractivity contribution in [2.45, 2.75) is 26.7 Å². The molecule has 0 saturated carbocycles. The van der Waals surface area contributed by atoms with Crippen LogP contribution in [-0.4, -0.2) is 15.2 Å². The van der Waals surface area contributed by atoms with Gasteiger partial charge in [-0.05, 0) is 47.7 Å². The highest BCUT2D eigenvalue weighted by molar-refractivity contribution is 6.28. The lowest BCUT2D eigenvalue weighted by atomic mass is 9.98. The monoisotopic (exact) mass is 263 g/mol. The number of halogens is 1. The molecule has 18 heavy (non-hydrogen) atoms. The van der Waals surface area contributed by atoms with Crippen molar-refractivity contribution in [2.75, 3.05) is 0 Å². The Kier molecular flexibility index (Phi) is 3.77. The lowest BCUT2D eigenvalue weighted by Gasteiger charge is -2.11. The Hall–Kier alpha value is -1.68. The zero-order valence-electron chi connectivity index (χ0n) is 10.5. The summed E-state index contributed by atoms with van der Waals surface area (Å²) in [7, 11) is 0. The van der Waals surface area contributed by atoms with Crippen LogP contribution in [-0.2, 0) is 0 Å². The second-order valence-corrected chi connectivity index (χ2v) is 4.68. The number of hydrogen-bond acceptors (Lipinski definition) is 4. The summed E-state index contributed by atoms with van der Waals surface area (Å²) >= 11 is 5.64. The first-order chi connectivity index (χ1) is 8.56. The van der Waals surface area contributed by atoms with E-state index in [0.717, 1.165) is 0 Å². The predicted molar refractivity (Wildman–Crippen MR) is 70.2 cm³/mol. The first-order valence-electron chi connectivity index (χ1n) is 5.70. The third-order valence-corrected chi connectivity index (χ3v) is 2.76. The van der Waals surface area contributed by atoms with Crippen molar-refractivity contribution in [3.63, 3.8) is 0 Å². The number of benzene rings is 1. The zero-order chi connectivity index (χ0) is 13.1. The fraction of sp³-hybridized carbons (Fsp3) is 0.308. The topological polar surface area (TPSA) is 47.9 Å². The molecular weight excluding hydrogens is 250 g/mol. The first kappa shape index (κ1) is 12.8. The Labute approximate surface area is 111 Å². The van der Waals surface area contributed by atoms with Crippen LogP contribution in [0.2, 0.25) is 5.28 Å². The molecule has 0 saturated heterocycles. The zero-order valence-corrected chi connectivity index (χ0v) is 11.3. The van der Waals surface area contributed by atoms with Gasteiger partial charge in [-0.2, -0.15) is 10.1 Å². The minimum absolute atomic E-state index is 0.0722. The van der Waals surface area contributed by atoms with E-state index in [2.05, 4.69) is 42.0 Å². The van der Waals surface area contributed by atoms with Crippen LogP contribution in [0.15, 0.2) is 24.4 Å².